The van der Waals surface area contributed by atoms with E-state index in [9.17, 15) is 14.4 Å². The SMILES string of the molecule is CCOC(=O)c1ccc(N2CCN(C(C)=O)CC2)c(NC(=O)C=Cc2cc(Cl)cc(Cl)c2OC)c1. The van der Waals surface area contributed by atoms with Gasteiger partial charge in [0, 0.05) is 49.8 Å². The van der Waals surface area contributed by atoms with Crippen LogP contribution in [0.15, 0.2) is 36.4 Å². The summed E-state index contributed by atoms with van der Waals surface area (Å²) in [5.41, 5.74) is 2.06. The zero-order valence-electron chi connectivity index (χ0n) is 19.8. The summed E-state index contributed by atoms with van der Waals surface area (Å²) in [6, 6.07) is 8.22. The van der Waals surface area contributed by atoms with Crippen LogP contribution in [0.4, 0.5) is 11.4 Å². The maximum Gasteiger partial charge on any atom is 0.338 e. The Morgan fingerprint density at radius 2 is 1.80 bits per heavy atom. The van der Waals surface area contributed by atoms with Gasteiger partial charge in [-0.3, -0.25) is 9.59 Å². The Morgan fingerprint density at radius 1 is 1.09 bits per heavy atom. The van der Waals surface area contributed by atoms with E-state index in [0.29, 0.717) is 58.8 Å². The molecule has 0 atom stereocenters. The highest BCUT2D eigenvalue weighted by molar-refractivity contribution is 6.36. The lowest BCUT2D eigenvalue weighted by Crippen LogP contribution is -2.48. The first-order chi connectivity index (χ1) is 16.7. The number of carbonyl (C=O) groups excluding carboxylic acids is 3. The van der Waals surface area contributed by atoms with Crippen molar-refractivity contribution in [2.75, 3.05) is 50.1 Å². The molecule has 1 aliphatic heterocycles. The molecule has 0 aromatic heterocycles. The van der Waals surface area contributed by atoms with Gasteiger partial charge >= 0.3 is 5.97 Å². The first-order valence-corrected chi connectivity index (χ1v) is 11.8. The van der Waals surface area contributed by atoms with Gasteiger partial charge in [-0.05, 0) is 43.3 Å². The number of esters is 1. The molecular weight excluding hydrogens is 493 g/mol. The molecule has 0 saturated carbocycles. The minimum absolute atomic E-state index is 0.0255. The number of benzene rings is 2. The summed E-state index contributed by atoms with van der Waals surface area (Å²) in [6.07, 6.45) is 2.88. The molecule has 0 unspecified atom stereocenters. The summed E-state index contributed by atoms with van der Waals surface area (Å²) in [5.74, 6) is -0.483. The summed E-state index contributed by atoms with van der Waals surface area (Å²) in [6.45, 7) is 5.83. The molecule has 10 heteroatoms. The molecule has 2 amide bonds. The zero-order valence-corrected chi connectivity index (χ0v) is 21.3. The van der Waals surface area contributed by atoms with E-state index < -0.39 is 11.9 Å². The number of methoxy groups -OCH3 is 1. The molecule has 35 heavy (non-hydrogen) atoms. The third-order valence-electron chi connectivity index (χ3n) is 5.49. The lowest BCUT2D eigenvalue weighted by molar-refractivity contribution is -0.129. The van der Waals surface area contributed by atoms with Gasteiger partial charge in [0.05, 0.1) is 35.7 Å². The monoisotopic (exact) mass is 519 g/mol. The molecular formula is C25H27Cl2N3O5. The number of amides is 2. The van der Waals surface area contributed by atoms with E-state index in [-0.39, 0.29) is 12.5 Å². The quantitative estimate of drug-likeness (QED) is 0.428. The van der Waals surface area contributed by atoms with E-state index >= 15 is 0 Å². The Hall–Kier alpha value is -3.23. The van der Waals surface area contributed by atoms with Crippen LogP contribution in [0, 0.1) is 0 Å². The Bertz CT molecular complexity index is 1140. The van der Waals surface area contributed by atoms with Crippen molar-refractivity contribution in [2.45, 2.75) is 13.8 Å². The van der Waals surface area contributed by atoms with Crippen molar-refractivity contribution in [2.24, 2.45) is 0 Å². The summed E-state index contributed by atoms with van der Waals surface area (Å²) in [5, 5.41) is 3.59. The lowest BCUT2D eigenvalue weighted by atomic mass is 10.1. The molecule has 2 aromatic carbocycles. The van der Waals surface area contributed by atoms with Crippen molar-refractivity contribution < 1.29 is 23.9 Å². The Labute approximate surface area is 214 Å². The Kier molecular flexibility index (Phi) is 9.01. The van der Waals surface area contributed by atoms with Crippen LogP contribution in [-0.2, 0) is 14.3 Å². The number of nitrogens with zero attached hydrogens (tertiary/aromatic N) is 2. The molecule has 0 spiro atoms. The highest BCUT2D eigenvalue weighted by Gasteiger charge is 2.22. The zero-order chi connectivity index (χ0) is 25.5. The van der Waals surface area contributed by atoms with E-state index in [1.54, 1.807) is 55.2 Å². The highest BCUT2D eigenvalue weighted by atomic mass is 35.5. The molecule has 1 aliphatic rings. The topological polar surface area (TPSA) is 88.2 Å². The van der Waals surface area contributed by atoms with Crippen LogP contribution >= 0.6 is 23.2 Å². The molecule has 0 aliphatic carbocycles. The molecule has 2 aromatic rings. The molecule has 186 valence electrons. The van der Waals surface area contributed by atoms with E-state index in [0.717, 1.165) is 5.69 Å². The van der Waals surface area contributed by atoms with Gasteiger partial charge in [0.2, 0.25) is 11.8 Å². The van der Waals surface area contributed by atoms with Crippen molar-refractivity contribution in [3.8, 4) is 5.75 Å². The van der Waals surface area contributed by atoms with Crippen LogP contribution in [0.25, 0.3) is 6.08 Å². The maximum atomic E-state index is 12.8. The van der Waals surface area contributed by atoms with Gasteiger partial charge in [0.15, 0.2) is 0 Å². The van der Waals surface area contributed by atoms with Crippen molar-refractivity contribution in [1.29, 1.82) is 0 Å². The Morgan fingerprint density at radius 3 is 2.43 bits per heavy atom. The minimum Gasteiger partial charge on any atom is -0.495 e. The molecule has 8 nitrogen and oxygen atoms in total. The van der Waals surface area contributed by atoms with Gasteiger partial charge in [-0.15, -0.1) is 0 Å². The van der Waals surface area contributed by atoms with Gasteiger partial charge in [-0.2, -0.15) is 0 Å². The van der Waals surface area contributed by atoms with Crippen LogP contribution < -0.4 is 15.0 Å². The van der Waals surface area contributed by atoms with Crippen molar-refractivity contribution >= 4 is 58.4 Å². The molecule has 0 radical (unpaired) electrons. The van der Waals surface area contributed by atoms with E-state index in [4.69, 9.17) is 32.7 Å². The van der Waals surface area contributed by atoms with E-state index in [2.05, 4.69) is 10.2 Å². The fraction of sp³-hybridized carbons (Fsp3) is 0.320. The van der Waals surface area contributed by atoms with Gasteiger partial charge in [0.1, 0.15) is 5.75 Å². The second kappa shape index (κ2) is 12.0. The predicted molar refractivity (Wildman–Crippen MR) is 138 cm³/mol. The van der Waals surface area contributed by atoms with Crippen molar-refractivity contribution in [3.05, 3.63) is 57.6 Å². The molecule has 3 rings (SSSR count). The second-order valence-corrected chi connectivity index (χ2v) is 8.62. The van der Waals surface area contributed by atoms with Crippen LogP contribution in [0.3, 0.4) is 0 Å². The molecule has 1 heterocycles. The molecule has 1 fully saturated rings. The molecule has 1 N–H and O–H groups in total. The van der Waals surface area contributed by atoms with Crippen LogP contribution in [-0.4, -0.2) is 62.6 Å². The normalized spacial score (nSPS) is 13.6. The minimum atomic E-state index is -0.482. The van der Waals surface area contributed by atoms with Gasteiger partial charge < -0.3 is 24.6 Å². The number of halogens is 2. The number of piperazine rings is 1. The first-order valence-electron chi connectivity index (χ1n) is 11.1. The smallest absolute Gasteiger partial charge is 0.338 e. The Balaban J connectivity index is 1.86. The average molecular weight is 520 g/mol. The fourth-order valence-corrected chi connectivity index (χ4v) is 4.36. The number of hydrogen-bond acceptors (Lipinski definition) is 6. The third kappa shape index (κ3) is 6.68. The number of ether oxygens (including phenoxy) is 2. The summed E-state index contributed by atoms with van der Waals surface area (Å²) < 4.78 is 10.4. The number of hydrogen-bond donors (Lipinski definition) is 1. The van der Waals surface area contributed by atoms with Crippen molar-refractivity contribution in [3.63, 3.8) is 0 Å². The number of anilines is 2. The predicted octanol–water partition coefficient (Wildman–Crippen LogP) is 4.50. The largest absolute Gasteiger partial charge is 0.495 e. The number of nitrogens with one attached hydrogen (secondary N) is 1. The van der Waals surface area contributed by atoms with Gasteiger partial charge in [0.25, 0.3) is 0 Å². The second-order valence-electron chi connectivity index (χ2n) is 7.78. The van der Waals surface area contributed by atoms with Crippen molar-refractivity contribution in [1.82, 2.24) is 4.90 Å². The van der Waals surface area contributed by atoms with Crippen LogP contribution in [0.5, 0.6) is 5.75 Å². The average Bonchev–Trinajstić information content (AvgIpc) is 2.82. The fourth-order valence-electron chi connectivity index (χ4n) is 3.77. The third-order valence-corrected chi connectivity index (χ3v) is 5.99. The molecule has 0 bridgehead atoms. The number of carbonyl (C=O) groups is 3. The maximum absolute atomic E-state index is 12.8. The lowest BCUT2D eigenvalue weighted by Gasteiger charge is -2.36. The van der Waals surface area contributed by atoms with Crippen LogP contribution in [0.2, 0.25) is 10.0 Å². The van der Waals surface area contributed by atoms with E-state index in [1.165, 1.54) is 13.2 Å². The van der Waals surface area contributed by atoms with Gasteiger partial charge in [-0.25, -0.2) is 4.79 Å². The number of rotatable bonds is 7. The summed E-state index contributed by atoms with van der Waals surface area (Å²) >= 11 is 12.3. The van der Waals surface area contributed by atoms with Crippen LogP contribution in [0.1, 0.15) is 29.8 Å². The first kappa shape index (κ1) is 26.4. The standard InChI is InChI=1S/C25H27Cl2N3O5/c1-4-35-25(33)18-5-7-22(30-11-9-29(10-12-30)16(2)31)21(14-18)28-23(32)8-6-17-13-19(26)15-20(27)24(17)34-3/h5-8,13-15H,4,9-12H2,1-3H3,(H,28,32). The summed E-state index contributed by atoms with van der Waals surface area (Å²) in [4.78, 5) is 40.6. The van der Waals surface area contributed by atoms with Gasteiger partial charge in [-0.1, -0.05) is 23.2 Å². The highest BCUT2D eigenvalue weighted by Crippen LogP contribution is 2.33. The van der Waals surface area contributed by atoms with E-state index in [1.807, 2.05) is 0 Å². The summed E-state index contributed by atoms with van der Waals surface area (Å²) in [7, 11) is 1.48. The molecule has 1 saturated heterocycles.